The molecule has 0 aromatic rings. The Morgan fingerprint density at radius 1 is 0.682 bits per heavy atom. The molecule has 44 heavy (non-hydrogen) atoms. The molecule has 4 aliphatic rings. The van der Waals surface area contributed by atoms with E-state index in [2.05, 4.69) is 23.8 Å². The fourth-order valence-corrected chi connectivity index (χ4v) is 5.64. The van der Waals surface area contributed by atoms with Crippen molar-refractivity contribution < 1.29 is 52.3 Å². The van der Waals surface area contributed by atoms with E-state index < -0.39 is 88.4 Å². The van der Waals surface area contributed by atoms with Crippen molar-refractivity contribution >= 4 is 18.0 Å². The Kier molecular flexibility index (Phi) is 8.86. The number of amides is 2. The highest BCUT2D eigenvalue weighted by atomic mass is 16.8. The lowest BCUT2D eigenvalue weighted by Gasteiger charge is -2.40. The van der Waals surface area contributed by atoms with Crippen LogP contribution >= 0.6 is 0 Å². The highest BCUT2D eigenvalue weighted by molar-refractivity contribution is 5.78. The molecule has 4 saturated heterocycles. The largest absolute Gasteiger partial charge is 0.462 e. The van der Waals surface area contributed by atoms with Gasteiger partial charge >= 0.3 is 18.0 Å². The molecule has 0 radical (unpaired) electrons. The van der Waals surface area contributed by atoms with Gasteiger partial charge in [-0.2, -0.15) is 0 Å². The molecule has 4 heterocycles. The monoisotopic (exact) mass is 624 g/mol. The molecule has 0 bridgehead atoms. The molecule has 2 N–H and O–H groups in total. The van der Waals surface area contributed by atoms with Crippen LogP contribution in [0.2, 0.25) is 0 Å². The minimum Gasteiger partial charge on any atom is -0.462 e. The summed E-state index contributed by atoms with van der Waals surface area (Å²) < 4.78 is 47.7. The van der Waals surface area contributed by atoms with Crippen molar-refractivity contribution in [3.63, 3.8) is 0 Å². The molecular weight excluding hydrogens is 576 g/mol. The first kappa shape index (κ1) is 34.3. The van der Waals surface area contributed by atoms with Gasteiger partial charge in [-0.3, -0.25) is 9.59 Å². The molecule has 0 aromatic carbocycles. The predicted molar refractivity (Wildman–Crippen MR) is 156 cm³/mol. The van der Waals surface area contributed by atoms with Gasteiger partial charge in [0.15, 0.2) is 24.2 Å². The summed E-state index contributed by atoms with van der Waals surface area (Å²) in [5, 5.41) is 5.93. The van der Waals surface area contributed by atoms with Crippen LogP contribution in [0.3, 0.4) is 0 Å². The molecule has 4 fully saturated rings. The van der Waals surface area contributed by atoms with Crippen LogP contribution in [0, 0.1) is 10.8 Å². The molecule has 2 amide bonds. The van der Waals surface area contributed by atoms with Gasteiger partial charge in [-0.15, -0.1) is 13.2 Å². The lowest BCUT2D eigenvalue weighted by atomic mass is 9.87. The maximum atomic E-state index is 14.0. The highest BCUT2D eigenvalue weighted by Crippen LogP contribution is 2.46. The Hall–Kier alpha value is -2.55. The van der Waals surface area contributed by atoms with Crippen molar-refractivity contribution in [2.24, 2.45) is 10.8 Å². The third kappa shape index (κ3) is 6.40. The maximum absolute atomic E-state index is 14.0. The summed E-state index contributed by atoms with van der Waals surface area (Å²) in [5.41, 5.74) is -4.32. The van der Waals surface area contributed by atoms with Gasteiger partial charge in [-0.05, 0) is 69.2 Å². The van der Waals surface area contributed by atoms with Crippen LogP contribution in [-0.4, -0.2) is 90.8 Å². The smallest absolute Gasteiger partial charge is 0.316 e. The first-order chi connectivity index (χ1) is 20.1. The van der Waals surface area contributed by atoms with Crippen molar-refractivity contribution in [2.45, 2.75) is 129 Å². The zero-order valence-electron chi connectivity index (χ0n) is 27.4. The van der Waals surface area contributed by atoms with E-state index in [1.54, 1.807) is 69.2 Å². The van der Waals surface area contributed by atoms with Crippen molar-refractivity contribution in [1.82, 2.24) is 10.6 Å². The van der Waals surface area contributed by atoms with Crippen LogP contribution in [0.5, 0.6) is 0 Å². The lowest BCUT2D eigenvalue weighted by molar-refractivity contribution is -0.217. The highest BCUT2D eigenvalue weighted by Gasteiger charge is 2.66. The number of ether oxygens (including phenoxy) is 8. The van der Waals surface area contributed by atoms with E-state index >= 15 is 0 Å². The number of carbonyl (C=O) groups excluding carboxylic acids is 3. The quantitative estimate of drug-likeness (QED) is 0.303. The summed E-state index contributed by atoms with van der Waals surface area (Å²) in [6.07, 6.45) is -2.27. The summed E-state index contributed by atoms with van der Waals surface area (Å²) in [6, 6.07) is -0.695. The summed E-state index contributed by atoms with van der Waals surface area (Å²) >= 11 is 0. The fraction of sp³-hybridized carbons (Fsp3) is 0.774. The lowest BCUT2D eigenvalue weighted by Crippen LogP contribution is -2.68. The van der Waals surface area contributed by atoms with E-state index in [-0.39, 0.29) is 13.2 Å². The van der Waals surface area contributed by atoms with E-state index in [9.17, 15) is 14.4 Å². The molecule has 13 nitrogen and oxygen atoms in total. The van der Waals surface area contributed by atoms with E-state index in [1.165, 1.54) is 12.2 Å². The van der Waals surface area contributed by atoms with E-state index in [0.29, 0.717) is 0 Å². The standard InChI is InChI=1S/C31H48N2O11/c1-13-30(17(15-37-23(34)26(3,4)5)39-21-19(30)41-28(9,10)43-21)32-25(36)33-31(14-2)18(16-38-24(35)27(6,7)8)40-22-20(31)42-29(11,12)44-22/h13-14,17-22H,1-2,15-16H2,3-12H3,(H2,32,33,36)/t17-,18-,19+,20+,21-,22-,30-,31-/m1/s1. The van der Waals surface area contributed by atoms with Gasteiger partial charge in [0, 0.05) is 0 Å². The van der Waals surface area contributed by atoms with Gasteiger partial charge in [-0.25, -0.2) is 4.79 Å². The predicted octanol–water partition coefficient (Wildman–Crippen LogP) is 3.07. The minimum absolute atomic E-state index is 0.209. The van der Waals surface area contributed by atoms with Gasteiger partial charge in [0.05, 0.1) is 10.8 Å². The number of nitrogens with one attached hydrogen (secondary N) is 2. The number of carbonyl (C=O) groups is 3. The number of fused-ring (bicyclic) bond motifs is 2. The Balaban J connectivity index is 1.62. The van der Waals surface area contributed by atoms with E-state index in [4.69, 9.17) is 37.9 Å². The summed E-state index contributed by atoms with van der Waals surface area (Å²) in [5.74, 6) is -2.94. The van der Waals surface area contributed by atoms with Gasteiger partial charge in [0.2, 0.25) is 0 Å². The molecule has 0 aliphatic carbocycles. The molecule has 0 aromatic heterocycles. The van der Waals surface area contributed by atoms with Crippen LogP contribution in [0.1, 0.15) is 69.2 Å². The molecule has 248 valence electrons. The Morgan fingerprint density at radius 2 is 1.02 bits per heavy atom. The Labute approximate surface area is 259 Å². The zero-order valence-corrected chi connectivity index (χ0v) is 27.4. The van der Waals surface area contributed by atoms with Crippen molar-refractivity contribution in [3.8, 4) is 0 Å². The molecule has 0 unspecified atom stereocenters. The number of rotatable bonds is 8. The normalized spacial score (nSPS) is 37.0. The van der Waals surface area contributed by atoms with Crippen LogP contribution in [0.15, 0.2) is 25.3 Å². The maximum Gasteiger partial charge on any atom is 0.316 e. The average Bonchev–Trinajstić information content (AvgIpc) is 3.54. The second-order valence-electron chi connectivity index (χ2n) is 14.6. The first-order valence-electron chi connectivity index (χ1n) is 14.8. The third-order valence-electron chi connectivity index (χ3n) is 8.01. The molecule has 4 aliphatic heterocycles. The minimum atomic E-state index is -1.40. The number of urea groups is 1. The molecule has 4 rings (SSSR count). The summed E-state index contributed by atoms with van der Waals surface area (Å²) in [7, 11) is 0. The second kappa shape index (κ2) is 11.4. The van der Waals surface area contributed by atoms with E-state index in [1.807, 2.05) is 0 Å². The zero-order chi connectivity index (χ0) is 33.1. The van der Waals surface area contributed by atoms with Crippen molar-refractivity contribution in [1.29, 1.82) is 0 Å². The van der Waals surface area contributed by atoms with Gasteiger partial charge in [0.1, 0.15) is 48.7 Å². The Bertz CT molecular complexity index is 1080. The van der Waals surface area contributed by atoms with Crippen molar-refractivity contribution in [2.75, 3.05) is 13.2 Å². The third-order valence-corrected chi connectivity index (χ3v) is 8.01. The fourth-order valence-electron chi connectivity index (χ4n) is 5.64. The van der Waals surface area contributed by atoms with E-state index in [0.717, 1.165) is 0 Å². The molecule has 13 heteroatoms. The van der Waals surface area contributed by atoms with Crippen LogP contribution in [-0.2, 0) is 47.5 Å². The number of esters is 2. The van der Waals surface area contributed by atoms with Gasteiger partial charge < -0.3 is 48.5 Å². The van der Waals surface area contributed by atoms with Crippen molar-refractivity contribution in [3.05, 3.63) is 25.3 Å². The van der Waals surface area contributed by atoms with Crippen LogP contribution < -0.4 is 10.6 Å². The SMILES string of the molecule is C=C[C@@]1(NC(=O)N[C@]2(C=C)[C@@H](COC(=O)C(C)(C)C)O[C@@H]3OC(C)(C)O[C@@H]32)[C@@H](COC(=O)C(C)(C)C)O[C@@H]2OC(C)(C)O[C@@H]21. The molecule has 8 atom stereocenters. The molecule has 0 spiro atoms. The second-order valence-corrected chi connectivity index (χ2v) is 14.6. The molecular formula is C31H48N2O11. The molecule has 0 saturated carbocycles. The summed E-state index contributed by atoms with van der Waals surface area (Å²) in [4.78, 5) is 39.3. The van der Waals surface area contributed by atoms with Gasteiger partial charge in [-0.1, -0.05) is 12.2 Å². The average molecular weight is 625 g/mol. The summed E-state index contributed by atoms with van der Waals surface area (Å²) in [6.45, 7) is 24.9. The first-order valence-corrected chi connectivity index (χ1v) is 14.8. The number of hydrogen-bond acceptors (Lipinski definition) is 11. The van der Waals surface area contributed by atoms with Gasteiger partial charge in [0.25, 0.3) is 0 Å². The van der Waals surface area contributed by atoms with Crippen LogP contribution in [0.25, 0.3) is 0 Å². The number of hydrogen-bond donors (Lipinski definition) is 2. The van der Waals surface area contributed by atoms with Crippen LogP contribution in [0.4, 0.5) is 4.79 Å². The Morgan fingerprint density at radius 3 is 1.32 bits per heavy atom. The topological polar surface area (TPSA) is 149 Å².